The minimum absolute atomic E-state index is 0.0791. The molecule has 0 aliphatic carbocycles. The summed E-state index contributed by atoms with van der Waals surface area (Å²) in [6.07, 6.45) is 5.91. The summed E-state index contributed by atoms with van der Waals surface area (Å²) in [5.41, 5.74) is 3.32. The van der Waals surface area contributed by atoms with Gasteiger partial charge in [-0.1, -0.05) is 24.3 Å². The number of piperidine rings is 1. The number of β-amino-alcohol motifs (C(OH)–C–C–N with tert-alkyl or cyclic N) is 1. The quantitative estimate of drug-likeness (QED) is 0.784. The number of rotatable bonds is 4. The number of aliphatic hydroxyl groups excluding tert-OH is 1. The fraction of sp³-hybridized carbons (Fsp3) is 0.286. The van der Waals surface area contributed by atoms with Crippen molar-refractivity contribution in [3.63, 3.8) is 0 Å². The Bertz CT molecular complexity index is 831. The van der Waals surface area contributed by atoms with Gasteiger partial charge in [-0.25, -0.2) is 9.37 Å². The van der Waals surface area contributed by atoms with E-state index in [2.05, 4.69) is 34.1 Å². The van der Waals surface area contributed by atoms with Crippen LogP contribution >= 0.6 is 0 Å². The molecule has 0 amide bonds. The summed E-state index contributed by atoms with van der Waals surface area (Å²) < 4.78 is 15.1. The first-order valence-electron chi connectivity index (χ1n) is 8.92. The maximum Gasteiger partial charge on any atom is 0.123 e. The first kappa shape index (κ1) is 16.9. The van der Waals surface area contributed by atoms with Gasteiger partial charge in [-0.05, 0) is 48.4 Å². The summed E-state index contributed by atoms with van der Waals surface area (Å²) in [6, 6.07) is 14.9. The van der Waals surface area contributed by atoms with E-state index in [9.17, 15) is 9.50 Å². The van der Waals surface area contributed by atoms with Crippen molar-refractivity contribution >= 4 is 0 Å². The lowest BCUT2D eigenvalue weighted by Gasteiger charge is -2.36. The molecule has 1 N–H and O–H groups in total. The smallest absolute Gasteiger partial charge is 0.123 e. The zero-order chi connectivity index (χ0) is 17.9. The van der Waals surface area contributed by atoms with Crippen LogP contribution in [0.25, 0.3) is 5.69 Å². The van der Waals surface area contributed by atoms with E-state index in [1.54, 1.807) is 24.7 Å². The van der Waals surface area contributed by atoms with Crippen LogP contribution in [0.3, 0.4) is 0 Å². The fourth-order valence-corrected chi connectivity index (χ4v) is 3.68. The minimum Gasteiger partial charge on any atom is -0.391 e. The highest BCUT2D eigenvalue weighted by Crippen LogP contribution is 2.29. The predicted molar refractivity (Wildman–Crippen MR) is 98.6 cm³/mol. The highest BCUT2D eigenvalue weighted by atomic mass is 19.1. The van der Waals surface area contributed by atoms with Gasteiger partial charge in [0.2, 0.25) is 0 Å². The Morgan fingerprint density at radius 1 is 1.08 bits per heavy atom. The van der Waals surface area contributed by atoms with Gasteiger partial charge in [0.1, 0.15) is 5.82 Å². The molecular weight excluding hydrogens is 329 g/mol. The molecule has 3 aromatic rings. The van der Waals surface area contributed by atoms with Gasteiger partial charge in [-0.2, -0.15) is 0 Å². The van der Waals surface area contributed by atoms with E-state index in [0.717, 1.165) is 30.8 Å². The highest BCUT2D eigenvalue weighted by molar-refractivity contribution is 5.34. The maximum absolute atomic E-state index is 13.1. The van der Waals surface area contributed by atoms with Crippen molar-refractivity contribution in [1.82, 2.24) is 14.5 Å². The molecule has 5 heteroatoms. The van der Waals surface area contributed by atoms with Gasteiger partial charge in [0.25, 0.3) is 0 Å². The first-order valence-corrected chi connectivity index (χ1v) is 8.92. The van der Waals surface area contributed by atoms with Crippen molar-refractivity contribution in [1.29, 1.82) is 0 Å². The monoisotopic (exact) mass is 351 g/mol. The highest BCUT2D eigenvalue weighted by Gasteiger charge is 2.28. The van der Waals surface area contributed by atoms with Crippen LogP contribution in [0.4, 0.5) is 4.39 Å². The van der Waals surface area contributed by atoms with Crippen molar-refractivity contribution in [2.24, 2.45) is 0 Å². The van der Waals surface area contributed by atoms with E-state index >= 15 is 0 Å². The third-order valence-corrected chi connectivity index (χ3v) is 5.11. The third kappa shape index (κ3) is 3.69. The molecule has 4 nitrogen and oxygen atoms in total. The average Bonchev–Trinajstić information content (AvgIpc) is 3.18. The van der Waals surface area contributed by atoms with E-state index in [1.807, 2.05) is 10.8 Å². The van der Waals surface area contributed by atoms with Crippen LogP contribution in [0.5, 0.6) is 0 Å². The van der Waals surface area contributed by atoms with Crippen molar-refractivity contribution in [2.75, 3.05) is 13.1 Å². The lowest BCUT2D eigenvalue weighted by Crippen LogP contribution is -2.42. The van der Waals surface area contributed by atoms with Crippen LogP contribution in [-0.2, 0) is 6.54 Å². The summed E-state index contributed by atoms with van der Waals surface area (Å²) >= 11 is 0. The molecule has 0 bridgehead atoms. The molecule has 0 radical (unpaired) electrons. The number of nitrogens with zero attached hydrogens (tertiary/aromatic N) is 3. The summed E-state index contributed by atoms with van der Waals surface area (Å²) in [5.74, 6) is -0.157. The van der Waals surface area contributed by atoms with Gasteiger partial charge >= 0.3 is 0 Å². The zero-order valence-corrected chi connectivity index (χ0v) is 14.5. The maximum atomic E-state index is 13.1. The topological polar surface area (TPSA) is 41.3 Å². The first-order chi connectivity index (χ1) is 12.7. The van der Waals surface area contributed by atoms with E-state index in [-0.39, 0.29) is 11.7 Å². The van der Waals surface area contributed by atoms with Gasteiger partial charge in [-0.3, -0.25) is 4.90 Å². The van der Waals surface area contributed by atoms with Crippen LogP contribution in [0, 0.1) is 5.82 Å². The molecule has 0 spiro atoms. The molecule has 1 aliphatic rings. The molecule has 134 valence electrons. The molecule has 2 aromatic carbocycles. The standard InChI is InChI=1S/C21H22FN3O/c22-18-5-3-17(4-6-18)20-9-11-24(14-21(20)26)13-16-1-7-19(8-2-16)25-12-10-23-15-25/h1-8,10,12,15,20-21,26H,9,11,13-14H2/t20-,21+/m1/s1. The number of hydrogen-bond donors (Lipinski definition) is 1. The molecule has 2 atom stereocenters. The van der Waals surface area contributed by atoms with Crippen LogP contribution in [0.15, 0.2) is 67.3 Å². The van der Waals surface area contributed by atoms with Crippen molar-refractivity contribution in [2.45, 2.75) is 25.0 Å². The van der Waals surface area contributed by atoms with Crippen LogP contribution in [0.2, 0.25) is 0 Å². The lowest BCUT2D eigenvalue weighted by atomic mass is 9.87. The van der Waals surface area contributed by atoms with Gasteiger partial charge in [0.05, 0.1) is 12.4 Å². The second-order valence-corrected chi connectivity index (χ2v) is 6.89. The van der Waals surface area contributed by atoms with Crippen LogP contribution in [-0.4, -0.2) is 38.8 Å². The second-order valence-electron chi connectivity index (χ2n) is 6.89. The summed E-state index contributed by atoms with van der Waals surface area (Å²) in [7, 11) is 0. The Balaban J connectivity index is 1.37. The van der Waals surface area contributed by atoms with Crippen molar-refractivity contribution in [3.05, 3.63) is 84.2 Å². The third-order valence-electron chi connectivity index (χ3n) is 5.11. The lowest BCUT2D eigenvalue weighted by molar-refractivity contribution is 0.0476. The van der Waals surface area contributed by atoms with E-state index in [1.165, 1.54) is 17.7 Å². The van der Waals surface area contributed by atoms with Crippen LogP contribution in [0.1, 0.15) is 23.5 Å². The van der Waals surface area contributed by atoms with E-state index < -0.39 is 6.10 Å². The molecule has 0 unspecified atom stereocenters. The average molecular weight is 351 g/mol. The zero-order valence-electron chi connectivity index (χ0n) is 14.5. The molecule has 26 heavy (non-hydrogen) atoms. The van der Waals surface area contributed by atoms with E-state index in [4.69, 9.17) is 0 Å². The number of halogens is 1. The van der Waals surface area contributed by atoms with Crippen molar-refractivity contribution in [3.8, 4) is 5.69 Å². The van der Waals surface area contributed by atoms with Gasteiger partial charge in [-0.15, -0.1) is 0 Å². The number of imidazole rings is 1. The van der Waals surface area contributed by atoms with Gasteiger partial charge < -0.3 is 9.67 Å². The minimum atomic E-state index is -0.431. The number of hydrogen-bond acceptors (Lipinski definition) is 3. The Morgan fingerprint density at radius 3 is 2.50 bits per heavy atom. The molecule has 4 rings (SSSR count). The number of aliphatic hydroxyl groups is 1. The molecular formula is C21H22FN3O. The molecule has 1 fully saturated rings. The normalized spacial score (nSPS) is 21.0. The molecule has 1 aliphatic heterocycles. The van der Waals surface area contributed by atoms with Crippen LogP contribution < -0.4 is 0 Å². The van der Waals surface area contributed by atoms with Gasteiger partial charge in [0, 0.05) is 37.1 Å². The van der Waals surface area contributed by atoms with Crippen molar-refractivity contribution < 1.29 is 9.50 Å². The van der Waals surface area contributed by atoms with Gasteiger partial charge in [0.15, 0.2) is 0 Å². The summed E-state index contributed by atoms with van der Waals surface area (Å²) in [4.78, 5) is 6.34. The molecule has 2 heterocycles. The largest absolute Gasteiger partial charge is 0.391 e. The fourth-order valence-electron chi connectivity index (χ4n) is 3.68. The Labute approximate surface area is 152 Å². The second kappa shape index (κ2) is 7.40. The number of aromatic nitrogens is 2. The summed E-state index contributed by atoms with van der Waals surface area (Å²) in [5, 5.41) is 10.6. The number of likely N-dealkylation sites (tertiary alicyclic amines) is 1. The Hall–Kier alpha value is -2.50. The SMILES string of the molecule is O[C@H]1CN(Cc2ccc(-n3ccnc3)cc2)CC[C@@H]1c1ccc(F)cc1. The summed E-state index contributed by atoms with van der Waals surface area (Å²) in [6.45, 7) is 2.37. The molecule has 1 aromatic heterocycles. The van der Waals surface area contributed by atoms with E-state index in [0.29, 0.717) is 6.54 Å². The Morgan fingerprint density at radius 2 is 1.85 bits per heavy atom. The Kier molecular flexibility index (Phi) is 4.82. The number of benzene rings is 2. The predicted octanol–water partition coefficient (Wildman–Crippen LogP) is 3.36. The molecule has 1 saturated heterocycles. The molecule has 0 saturated carbocycles.